The number of hydrogen-bond donors (Lipinski definition) is 1. The highest BCUT2D eigenvalue weighted by Gasteiger charge is 2.31. The Bertz CT molecular complexity index is 374. The summed E-state index contributed by atoms with van der Waals surface area (Å²) >= 11 is 0. The zero-order chi connectivity index (χ0) is 13.8. The summed E-state index contributed by atoms with van der Waals surface area (Å²) in [6.07, 6.45) is 3.70. The maximum absolute atomic E-state index is 6.39. The van der Waals surface area contributed by atoms with Gasteiger partial charge < -0.3 is 5.73 Å². The van der Waals surface area contributed by atoms with Crippen molar-refractivity contribution in [1.82, 2.24) is 4.90 Å². The van der Waals surface area contributed by atoms with Gasteiger partial charge in [-0.2, -0.15) is 0 Å². The van der Waals surface area contributed by atoms with Gasteiger partial charge in [0.1, 0.15) is 0 Å². The Morgan fingerprint density at radius 3 is 2.53 bits per heavy atom. The molecular weight excluding hydrogens is 232 g/mol. The lowest BCUT2D eigenvalue weighted by atomic mass is 9.82. The second-order valence-corrected chi connectivity index (χ2v) is 6.40. The molecule has 0 aromatic heterocycles. The normalized spacial score (nSPS) is 28.0. The van der Waals surface area contributed by atoms with E-state index in [1.165, 1.54) is 24.8 Å². The molecule has 0 amide bonds. The molecule has 1 fully saturated rings. The highest BCUT2D eigenvalue weighted by molar-refractivity contribution is 5.15. The molecule has 1 saturated carbocycles. The van der Waals surface area contributed by atoms with Gasteiger partial charge in [-0.15, -0.1) is 0 Å². The molecule has 0 bridgehead atoms. The van der Waals surface area contributed by atoms with Gasteiger partial charge in [-0.1, -0.05) is 37.3 Å². The van der Waals surface area contributed by atoms with Gasteiger partial charge in [0.2, 0.25) is 0 Å². The van der Waals surface area contributed by atoms with Gasteiger partial charge in [-0.3, -0.25) is 4.90 Å². The van der Waals surface area contributed by atoms with Crippen LogP contribution < -0.4 is 5.73 Å². The molecule has 0 radical (unpaired) electrons. The fourth-order valence-corrected chi connectivity index (χ4v) is 3.23. The van der Waals surface area contributed by atoms with Gasteiger partial charge in [-0.25, -0.2) is 0 Å². The molecular formula is C17H28N2. The fourth-order valence-electron chi connectivity index (χ4n) is 3.23. The first kappa shape index (κ1) is 14.5. The Kier molecular flexibility index (Phi) is 5.00. The Hall–Kier alpha value is -0.860. The Balaban J connectivity index is 2.11. The summed E-state index contributed by atoms with van der Waals surface area (Å²) in [4.78, 5) is 2.59. The van der Waals surface area contributed by atoms with E-state index in [-0.39, 0.29) is 0 Å². The molecule has 2 rings (SSSR count). The van der Waals surface area contributed by atoms with Gasteiger partial charge in [0, 0.05) is 24.7 Å². The van der Waals surface area contributed by atoms with E-state index < -0.39 is 0 Å². The summed E-state index contributed by atoms with van der Waals surface area (Å²) in [5.41, 5.74) is 7.78. The first-order chi connectivity index (χ1) is 9.08. The second kappa shape index (κ2) is 6.53. The van der Waals surface area contributed by atoms with E-state index in [1.807, 2.05) is 0 Å². The van der Waals surface area contributed by atoms with Crippen molar-refractivity contribution >= 4 is 0 Å². The van der Waals surface area contributed by atoms with Crippen LogP contribution in [0.3, 0.4) is 0 Å². The first-order valence-electron chi connectivity index (χ1n) is 7.63. The number of nitrogens with zero attached hydrogens (tertiary/aromatic N) is 1. The SMILES string of the molecule is CC1CCC(N)C(N(Cc2ccccc2)C(C)C)C1. The molecule has 3 unspecified atom stereocenters. The van der Waals surface area contributed by atoms with Crippen LogP contribution in [0, 0.1) is 5.92 Å². The smallest absolute Gasteiger partial charge is 0.0255 e. The van der Waals surface area contributed by atoms with E-state index in [0.717, 1.165) is 12.5 Å². The zero-order valence-electron chi connectivity index (χ0n) is 12.5. The van der Waals surface area contributed by atoms with E-state index in [1.54, 1.807) is 0 Å². The van der Waals surface area contributed by atoms with Crippen molar-refractivity contribution in [1.29, 1.82) is 0 Å². The van der Waals surface area contributed by atoms with Crippen LogP contribution in [0.4, 0.5) is 0 Å². The monoisotopic (exact) mass is 260 g/mol. The molecule has 0 saturated heterocycles. The molecule has 0 aliphatic heterocycles. The van der Waals surface area contributed by atoms with Gasteiger partial charge in [0.15, 0.2) is 0 Å². The van der Waals surface area contributed by atoms with Crippen LogP contribution in [0.5, 0.6) is 0 Å². The third-order valence-corrected chi connectivity index (χ3v) is 4.43. The predicted molar refractivity (Wildman–Crippen MR) is 81.9 cm³/mol. The largest absolute Gasteiger partial charge is 0.326 e. The van der Waals surface area contributed by atoms with Crippen molar-refractivity contribution in [2.45, 2.75) is 64.7 Å². The van der Waals surface area contributed by atoms with Crippen LogP contribution in [0.1, 0.15) is 45.6 Å². The van der Waals surface area contributed by atoms with Crippen molar-refractivity contribution in [3.05, 3.63) is 35.9 Å². The second-order valence-electron chi connectivity index (χ2n) is 6.40. The van der Waals surface area contributed by atoms with Crippen LogP contribution in [-0.4, -0.2) is 23.0 Å². The highest BCUT2D eigenvalue weighted by Crippen LogP contribution is 2.29. The standard InChI is InChI=1S/C17H28N2/c1-13(2)19(12-15-7-5-4-6-8-15)17-11-14(3)9-10-16(17)18/h4-8,13-14,16-17H,9-12,18H2,1-3H3. The third-order valence-electron chi connectivity index (χ3n) is 4.43. The van der Waals surface area contributed by atoms with Gasteiger partial charge in [0.25, 0.3) is 0 Å². The minimum absolute atomic E-state index is 0.335. The quantitative estimate of drug-likeness (QED) is 0.899. The van der Waals surface area contributed by atoms with Crippen LogP contribution in [0.2, 0.25) is 0 Å². The summed E-state index contributed by atoms with van der Waals surface area (Å²) < 4.78 is 0. The van der Waals surface area contributed by atoms with E-state index >= 15 is 0 Å². The summed E-state index contributed by atoms with van der Waals surface area (Å²) in [6.45, 7) is 7.95. The molecule has 2 N–H and O–H groups in total. The van der Waals surface area contributed by atoms with Crippen molar-refractivity contribution in [2.24, 2.45) is 11.7 Å². The van der Waals surface area contributed by atoms with Gasteiger partial charge in [0.05, 0.1) is 0 Å². The minimum Gasteiger partial charge on any atom is -0.326 e. The number of rotatable bonds is 4. The van der Waals surface area contributed by atoms with Crippen LogP contribution >= 0.6 is 0 Å². The topological polar surface area (TPSA) is 29.3 Å². The van der Waals surface area contributed by atoms with Gasteiger partial charge in [-0.05, 0) is 44.6 Å². The number of benzene rings is 1. The molecule has 1 aromatic rings. The van der Waals surface area contributed by atoms with Crippen LogP contribution in [-0.2, 0) is 6.54 Å². The molecule has 0 spiro atoms. The number of hydrogen-bond acceptors (Lipinski definition) is 2. The maximum atomic E-state index is 6.39. The van der Waals surface area contributed by atoms with E-state index in [2.05, 4.69) is 56.0 Å². The van der Waals surface area contributed by atoms with E-state index in [0.29, 0.717) is 18.1 Å². The summed E-state index contributed by atoms with van der Waals surface area (Å²) in [7, 11) is 0. The average molecular weight is 260 g/mol. The van der Waals surface area contributed by atoms with E-state index in [4.69, 9.17) is 5.73 Å². The minimum atomic E-state index is 0.335. The Labute approximate surface area is 118 Å². The van der Waals surface area contributed by atoms with Crippen molar-refractivity contribution in [3.8, 4) is 0 Å². The lowest BCUT2D eigenvalue weighted by molar-refractivity contribution is 0.0801. The van der Waals surface area contributed by atoms with Crippen molar-refractivity contribution in [2.75, 3.05) is 0 Å². The molecule has 2 heteroatoms. The molecule has 3 atom stereocenters. The van der Waals surface area contributed by atoms with Crippen molar-refractivity contribution in [3.63, 3.8) is 0 Å². The summed E-state index contributed by atoms with van der Waals surface area (Å²) in [6, 6.07) is 12.2. The fraction of sp³-hybridized carbons (Fsp3) is 0.647. The predicted octanol–water partition coefficient (Wildman–Crippen LogP) is 3.41. The van der Waals surface area contributed by atoms with E-state index in [9.17, 15) is 0 Å². The molecule has 2 nitrogen and oxygen atoms in total. The Morgan fingerprint density at radius 1 is 1.21 bits per heavy atom. The molecule has 0 heterocycles. The zero-order valence-corrected chi connectivity index (χ0v) is 12.5. The summed E-state index contributed by atoms with van der Waals surface area (Å²) in [5, 5.41) is 0. The highest BCUT2D eigenvalue weighted by atomic mass is 15.2. The molecule has 106 valence electrons. The third kappa shape index (κ3) is 3.80. The first-order valence-corrected chi connectivity index (χ1v) is 7.63. The van der Waals surface area contributed by atoms with Crippen LogP contribution in [0.15, 0.2) is 30.3 Å². The molecule has 1 aromatic carbocycles. The summed E-state index contributed by atoms with van der Waals surface area (Å²) in [5.74, 6) is 0.807. The lowest BCUT2D eigenvalue weighted by Crippen LogP contribution is -2.53. The Morgan fingerprint density at radius 2 is 1.89 bits per heavy atom. The maximum Gasteiger partial charge on any atom is 0.0255 e. The average Bonchev–Trinajstić information content (AvgIpc) is 2.40. The van der Waals surface area contributed by atoms with Gasteiger partial charge >= 0.3 is 0 Å². The molecule has 1 aliphatic carbocycles. The molecule has 19 heavy (non-hydrogen) atoms. The molecule has 1 aliphatic rings. The van der Waals surface area contributed by atoms with Crippen LogP contribution in [0.25, 0.3) is 0 Å². The lowest BCUT2D eigenvalue weighted by Gasteiger charge is -2.42. The number of nitrogens with two attached hydrogens (primary N) is 1. The van der Waals surface area contributed by atoms with Crippen molar-refractivity contribution < 1.29 is 0 Å².